The number of carboxylic acids is 1. The van der Waals surface area contributed by atoms with Gasteiger partial charge < -0.3 is 15.3 Å². The Labute approximate surface area is 118 Å². The van der Waals surface area contributed by atoms with E-state index in [-0.39, 0.29) is 18.5 Å². The van der Waals surface area contributed by atoms with E-state index in [1.165, 1.54) is 4.90 Å². The number of carbonyl (C=O) groups excluding carboxylic acids is 1. The van der Waals surface area contributed by atoms with E-state index in [0.717, 1.165) is 30.6 Å². The number of rotatable bonds is 4. The Morgan fingerprint density at radius 2 is 2.15 bits per heavy atom. The van der Waals surface area contributed by atoms with Crippen LogP contribution in [-0.2, 0) is 11.2 Å². The van der Waals surface area contributed by atoms with Crippen LogP contribution < -0.4 is 5.32 Å². The number of benzene rings is 1. The lowest BCUT2D eigenvalue weighted by atomic mass is 10.00. The van der Waals surface area contributed by atoms with Gasteiger partial charge in [-0.3, -0.25) is 9.59 Å². The van der Waals surface area contributed by atoms with Crippen LogP contribution in [0.3, 0.4) is 0 Å². The number of amides is 1. The number of hydrogen-bond acceptors (Lipinski definition) is 3. The number of carboxylic acid groups (broad SMARTS) is 1. The van der Waals surface area contributed by atoms with E-state index in [1.807, 2.05) is 26.0 Å². The molecule has 2 rings (SSSR count). The average Bonchev–Trinajstić information content (AvgIpc) is 2.43. The number of fused-ring (bicyclic) bond motifs is 1. The maximum Gasteiger partial charge on any atom is 0.323 e. The predicted molar refractivity (Wildman–Crippen MR) is 77.1 cm³/mol. The van der Waals surface area contributed by atoms with Gasteiger partial charge in [-0.05, 0) is 50.5 Å². The highest BCUT2D eigenvalue weighted by molar-refractivity contribution is 5.96. The van der Waals surface area contributed by atoms with E-state index >= 15 is 0 Å². The van der Waals surface area contributed by atoms with Crippen LogP contribution in [0.2, 0.25) is 0 Å². The standard InChI is InChI=1S/C15H20N2O3/c1-10(2)17(9-14(18)19)15(20)12-5-6-13-11(8-12)4-3-7-16-13/h5-6,8,10,16H,3-4,7,9H2,1-2H3,(H,18,19). The molecular weight excluding hydrogens is 256 g/mol. The molecule has 1 amide bonds. The van der Waals surface area contributed by atoms with Gasteiger partial charge >= 0.3 is 5.97 Å². The van der Waals surface area contributed by atoms with Crippen molar-refractivity contribution in [2.75, 3.05) is 18.4 Å². The minimum absolute atomic E-state index is 0.146. The van der Waals surface area contributed by atoms with Crippen molar-refractivity contribution in [2.45, 2.75) is 32.7 Å². The minimum Gasteiger partial charge on any atom is -0.480 e. The van der Waals surface area contributed by atoms with Crippen molar-refractivity contribution in [2.24, 2.45) is 0 Å². The van der Waals surface area contributed by atoms with Crippen molar-refractivity contribution in [3.63, 3.8) is 0 Å². The van der Waals surface area contributed by atoms with Crippen LogP contribution in [0.1, 0.15) is 36.2 Å². The summed E-state index contributed by atoms with van der Waals surface area (Å²) in [6.45, 7) is 4.32. The van der Waals surface area contributed by atoms with Gasteiger partial charge in [-0.2, -0.15) is 0 Å². The normalized spacial score (nSPS) is 13.6. The number of nitrogens with zero attached hydrogens (tertiary/aromatic N) is 1. The average molecular weight is 276 g/mol. The van der Waals surface area contributed by atoms with Gasteiger partial charge in [0.2, 0.25) is 0 Å². The van der Waals surface area contributed by atoms with Gasteiger partial charge in [0.25, 0.3) is 5.91 Å². The van der Waals surface area contributed by atoms with E-state index in [4.69, 9.17) is 5.11 Å². The van der Waals surface area contributed by atoms with Crippen LogP contribution in [0.4, 0.5) is 5.69 Å². The Bertz CT molecular complexity index is 526. The molecular formula is C15H20N2O3. The quantitative estimate of drug-likeness (QED) is 0.882. The van der Waals surface area contributed by atoms with Gasteiger partial charge in [0.1, 0.15) is 6.54 Å². The summed E-state index contributed by atoms with van der Waals surface area (Å²) in [5, 5.41) is 12.2. The first-order valence-corrected chi connectivity index (χ1v) is 6.88. The van der Waals surface area contributed by atoms with Crippen molar-refractivity contribution in [1.29, 1.82) is 0 Å². The van der Waals surface area contributed by atoms with Crippen molar-refractivity contribution in [3.8, 4) is 0 Å². The molecule has 1 aliphatic heterocycles. The second-order valence-electron chi connectivity index (χ2n) is 5.32. The summed E-state index contributed by atoms with van der Waals surface area (Å²) in [5.74, 6) is -1.22. The maximum atomic E-state index is 12.4. The molecule has 0 saturated carbocycles. The molecule has 0 unspecified atom stereocenters. The third kappa shape index (κ3) is 3.10. The Hall–Kier alpha value is -2.04. The first kappa shape index (κ1) is 14.4. The molecule has 5 nitrogen and oxygen atoms in total. The molecule has 0 bridgehead atoms. The molecule has 0 saturated heterocycles. The summed E-state index contributed by atoms with van der Waals surface area (Å²) in [6, 6.07) is 5.39. The van der Waals surface area contributed by atoms with Crippen molar-refractivity contribution >= 4 is 17.6 Å². The fourth-order valence-corrected chi connectivity index (χ4v) is 2.41. The second-order valence-corrected chi connectivity index (χ2v) is 5.32. The van der Waals surface area contributed by atoms with Crippen molar-refractivity contribution < 1.29 is 14.7 Å². The van der Waals surface area contributed by atoms with Crippen LogP contribution in [0.25, 0.3) is 0 Å². The second kappa shape index (κ2) is 5.94. The molecule has 1 heterocycles. The van der Waals surface area contributed by atoms with E-state index in [9.17, 15) is 9.59 Å². The van der Waals surface area contributed by atoms with Crippen molar-refractivity contribution in [3.05, 3.63) is 29.3 Å². The summed E-state index contributed by atoms with van der Waals surface area (Å²) in [6.07, 6.45) is 2.00. The molecule has 5 heteroatoms. The minimum atomic E-state index is -0.994. The Kier molecular flexibility index (Phi) is 4.27. The zero-order valence-corrected chi connectivity index (χ0v) is 11.8. The molecule has 1 aliphatic rings. The summed E-state index contributed by atoms with van der Waals surface area (Å²) in [7, 11) is 0. The molecule has 2 N–H and O–H groups in total. The number of nitrogens with one attached hydrogen (secondary N) is 1. The summed E-state index contributed by atoms with van der Waals surface area (Å²) in [5.41, 5.74) is 2.76. The first-order chi connectivity index (χ1) is 9.49. The first-order valence-electron chi connectivity index (χ1n) is 6.88. The lowest BCUT2D eigenvalue weighted by molar-refractivity contribution is -0.138. The number of aryl methyl sites for hydroxylation is 1. The third-order valence-corrected chi connectivity index (χ3v) is 3.48. The number of hydrogen-bond donors (Lipinski definition) is 2. The van der Waals surface area contributed by atoms with E-state index in [0.29, 0.717) is 5.56 Å². The fraction of sp³-hybridized carbons (Fsp3) is 0.467. The molecule has 108 valence electrons. The van der Waals surface area contributed by atoms with Crippen LogP contribution in [0.15, 0.2) is 18.2 Å². The molecule has 0 radical (unpaired) electrons. The van der Waals surface area contributed by atoms with E-state index in [1.54, 1.807) is 6.07 Å². The fourth-order valence-electron chi connectivity index (χ4n) is 2.41. The third-order valence-electron chi connectivity index (χ3n) is 3.48. The molecule has 0 spiro atoms. The Morgan fingerprint density at radius 1 is 1.40 bits per heavy atom. The molecule has 0 aliphatic carbocycles. The highest BCUT2D eigenvalue weighted by Crippen LogP contribution is 2.23. The zero-order valence-electron chi connectivity index (χ0n) is 11.8. The highest BCUT2D eigenvalue weighted by Gasteiger charge is 2.22. The van der Waals surface area contributed by atoms with Crippen LogP contribution >= 0.6 is 0 Å². The van der Waals surface area contributed by atoms with Crippen LogP contribution in [0.5, 0.6) is 0 Å². The smallest absolute Gasteiger partial charge is 0.323 e. The number of carbonyl (C=O) groups is 2. The van der Waals surface area contributed by atoms with Gasteiger partial charge in [0.05, 0.1) is 0 Å². The molecule has 1 aromatic rings. The highest BCUT2D eigenvalue weighted by atomic mass is 16.4. The summed E-state index contributed by atoms with van der Waals surface area (Å²) < 4.78 is 0. The van der Waals surface area contributed by atoms with Gasteiger partial charge in [-0.25, -0.2) is 0 Å². The van der Waals surface area contributed by atoms with Crippen LogP contribution in [-0.4, -0.2) is 41.0 Å². The topological polar surface area (TPSA) is 69.6 Å². The van der Waals surface area contributed by atoms with Gasteiger partial charge in [-0.15, -0.1) is 0 Å². The zero-order chi connectivity index (χ0) is 14.7. The molecule has 0 fully saturated rings. The Balaban J connectivity index is 2.24. The van der Waals surface area contributed by atoms with E-state index in [2.05, 4.69) is 5.32 Å². The SMILES string of the molecule is CC(C)N(CC(=O)O)C(=O)c1ccc2c(c1)CCCN2. The summed E-state index contributed by atoms with van der Waals surface area (Å²) >= 11 is 0. The predicted octanol–water partition coefficient (Wildman–Crippen LogP) is 1.98. The largest absolute Gasteiger partial charge is 0.480 e. The van der Waals surface area contributed by atoms with Gasteiger partial charge in [-0.1, -0.05) is 0 Å². The monoisotopic (exact) mass is 276 g/mol. The molecule has 20 heavy (non-hydrogen) atoms. The molecule has 1 aromatic carbocycles. The number of aliphatic carboxylic acids is 1. The summed E-state index contributed by atoms with van der Waals surface area (Å²) in [4.78, 5) is 24.7. The van der Waals surface area contributed by atoms with Crippen molar-refractivity contribution in [1.82, 2.24) is 4.90 Å². The molecule has 0 atom stereocenters. The number of anilines is 1. The lowest BCUT2D eigenvalue weighted by Gasteiger charge is -2.26. The maximum absolute atomic E-state index is 12.4. The molecule has 0 aromatic heterocycles. The Morgan fingerprint density at radius 3 is 2.80 bits per heavy atom. The van der Waals surface area contributed by atoms with Crippen LogP contribution in [0, 0.1) is 0 Å². The lowest BCUT2D eigenvalue weighted by Crippen LogP contribution is -2.40. The van der Waals surface area contributed by atoms with E-state index < -0.39 is 5.97 Å². The van der Waals surface area contributed by atoms with Gasteiger partial charge in [0, 0.05) is 23.8 Å². The van der Waals surface area contributed by atoms with Gasteiger partial charge in [0.15, 0.2) is 0 Å².